The van der Waals surface area contributed by atoms with Crippen LogP contribution in [0.4, 0.5) is 10.1 Å². The summed E-state index contributed by atoms with van der Waals surface area (Å²) >= 11 is 0. The van der Waals surface area contributed by atoms with Crippen LogP contribution in [0.2, 0.25) is 0 Å². The van der Waals surface area contributed by atoms with Crippen molar-refractivity contribution in [3.63, 3.8) is 0 Å². The van der Waals surface area contributed by atoms with Gasteiger partial charge in [0.1, 0.15) is 5.82 Å². The summed E-state index contributed by atoms with van der Waals surface area (Å²) in [5.41, 5.74) is 1.53. The van der Waals surface area contributed by atoms with Gasteiger partial charge in [0, 0.05) is 31.0 Å². The van der Waals surface area contributed by atoms with Gasteiger partial charge in [-0.3, -0.25) is 4.79 Å². The second kappa shape index (κ2) is 9.61. The van der Waals surface area contributed by atoms with Crippen molar-refractivity contribution in [2.75, 3.05) is 25.6 Å². The third kappa shape index (κ3) is 5.96. The van der Waals surface area contributed by atoms with E-state index in [1.165, 1.54) is 37.4 Å². The topological polar surface area (TPSA) is 111 Å². The summed E-state index contributed by atoms with van der Waals surface area (Å²) in [5.74, 6) is -0.821. The lowest BCUT2D eigenvalue weighted by Gasteiger charge is -2.08. The van der Waals surface area contributed by atoms with Crippen LogP contribution in [0.5, 0.6) is 0 Å². The highest BCUT2D eigenvalue weighted by atomic mass is 32.2. The number of hydrogen-bond acceptors (Lipinski definition) is 6. The van der Waals surface area contributed by atoms with E-state index in [1.807, 2.05) is 0 Å². The number of amides is 1. The Balaban J connectivity index is 1.66. The Labute approximate surface area is 173 Å². The lowest BCUT2D eigenvalue weighted by Crippen LogP contribution is -2.28. The molecule has 1 heterocycles. The van der Waals surface area contributed by atoms with Gasteiger partial charge < -0.3 is 14.6 Å². The Morgan fingerprint density at radius 1 is 1.17 bits per heavy atom. The third-order valence-corrected chi connectivity index (χ3v) is 5.40. The van der Waals surface area contributed by atoms with E-state index in [-0.39, 0.29) is 30.4 Å². The molecule has 0 saturated carbocycles. The molecule has 1 amide bonds. The molecule has 2 N–H and O–H groups in total. The molecule has 1 aromatic heterocycles. The zero-order chi connectivity index (χ0) is 21.6. The van der Waals surface area contributed by atoms with E-state index < -0.39 is 15.9 Å². The van der Waals surface area contributed by atoms with Crippen LogP contribution in [0.1, 0.15) is 16.1 Å². The monoisotopic (exact) mass is 433 g/mol. The van der Waals surface area contributed by atoms with Gasteiger partial charge in [-0.25, -0.2) is 17.5 Å². The SMILES string of the molecule is COCCNS(=O)(=O)Cc1cccc(NC(=O)c2cc(-c3ccc(F)cc3)on2)c1. The van der Waals surface area contributed by atoms with Gasteiger partial charge in [-0.15, -0.1) is 0 Å². The number of rotatable bonds is 9. The van der Waals surface area contributed by atoms with Gasteiger partial charge in [-0.2, -0.15) is 0 Å². The maximum Gasteiger partial charge on any atom is 0.277 e. The number of benzene rings is 2. The molecule has 3 aromatic rings. The van der Waals surface area contributed by atoms with E-state index in [0.29, 0.717) is 22.6 Å². The number of ether oxygens (including phenoxy) is 1. The Kier molecular flexibility index (Phi) is 6.93. The molecule has 0 aliphatic carbocycles. The second-order valence-corrected chi connectivity index (χ2v) is 8.19. The fourth-order valence-corrected chi connectivity index (χ4v) is 3.75. The van der Waals surface area contributed by atoms with Crippen molar-refractivity contribution in [1.82, 2.24) is 9.88 Å². The van der Waals surface area contributed by atoms with E-state index in [4.69, 9.17) is 9.26 Å². The predicted molar refractivity (Wildman–Crippen MR) is 109 cm³/mol. The molecular weight excluding hydrogens is 413 g/mol. The molecule has 30 heavy (non-hydrogen) atoms. The molecule has 0 unspecified atom stereocenters. The molecular formula is C20H20FN3O5S. The fraction of sp³-hybridized carbons (Fsp3) is 0.200. The van der Waals surface area contributed by atoms with E-state index in [1.54, 1.807) is 24.3 Å². The number of nitrogens with zero attached hydrogens (tertiary/aromatic N) is 1. The fourth-order valence-electron chi connectivity index (χ4n) is 2.64. The van der Waals surface area contributed by atoms with Gasteiger partial charge in [0.15, 0.2) is 11.5 Å². The Bertz CT molecular complexity index is 1110. The number of aromatic nitrogens is 1. The van der Waals surface area contributed by atoms with Crippen LogP contribution in [0.3, 0.4) is 0 Å². The lowest BCUT2D eigenvalue weighted by atomic mass is 10.1. The Morgan fingerprint density at radius 2 is 1.93 bits per heavy atom. The van der Waals surface area contributed by atoms with Crippen LogP contribution in [0.15, 0.2) is 59.1 Å². The maximum atomic E-state index is 13.0. The molecule has 0 fully saturated rings. The average molecular weight is 433 g/mol. The number of anilines is 1. The molecule has 158 valence electrons. The molecule has 0 spiro atoms. The zero-order valence-electron chi connectivity index (χ0n) is 16.1. The van der Waals surface area contributed by atoms with Gasteiger partial charge >= 0.3 is 0 Å². The van der Waals surface area contributed by atoms with E-state index in [2.05, 4.69) is 15.2 Å². The largest absolute Gasteiger partial charge is 0.383 e. The zero-order valence-corrected chi connectivity index (χ0v) is 16.9. The minimum atomic E-state index is -3.53. The second-order valence-electron chi connectivity index (χ2n) is 6.38. The van der Waals surface area contributed by atoms with E-state index >= 15 is 0 Å². The summed E-state index contributed by atoms with van der Waals surface area (Å²) in [6, 6.07) is 13.5. The molecule has 10 heteroatoms. The van der Waals surface area contributed by atoms with Crippen LogP contribution in [-0.4, -0.2) is 39.7 Å². The lowest BCUT2D eigenvalue weighted by molar-refractivity contribution is 0.101. The first-order chi connectivity index (χ1) is 14.4. The van der Waals surface area contributed by atoms with Crippen LogP contribution in [-0.2, 0) is 20.5 Å². The molecule has 3 rings (SSSR count). The van der Waals surface area contributed by atoms with Crippen molar-refractivity contribution in [3.8, 4) is 11.3 Å². The highest BCUT2D eigenvalue weighted by Gasteiger charge is 2.15. The summed E-state index contributed by atoms with van der Waals surface area (Å²) in [5, 5.41) is 6.39. The predicted octanol–water partition coefficient (Wildman–Crippen LogP) is 2.80. The van der Waals surface area contributed by atoms with E-state index in [9.17, 15) is 17.6 Å². The summed E-state index contributed by atoms with van der Waals surface area (Å²) in [6.45, 7) is 0.449. The van der Waals surface area contributed by atoms with Crippen molar-refractivity contribution >= 4 is 21.6 Å². The molecule has 0 bridgehead atoms. The number of hydrogen-bond donors (Lipinski definition) is 2. The van der Waals surface area contributed by atoms with Crippen molar-refractivity contribution < 1.29 is 26.9 Å². The van der Waals surface area contributed by atoms with Crippen molar-refractivity contribution in [2.45, 2.75) is 5.75 Å². The number of nitrogens with one attached hydrogen (secondary N) is 2. The quantitative estimate of drug-likeness (QED) is 0.502. The van der Waals surface area contributed by atoms with E-state index in [0.717, 1.165) is 0 Å². The molecule has 0 atom stereocenters. The van der Waals surface area contributed by atoms with Crippen molar-refractivity contribution in [1.29, 1.82) is 0 Å². The van der Waals surface area contributed by atoms with Gasteiger partial charge in [-0.05, 0) is 42.0 Å². The van der Waals surface area contributed by atoms with Crippen LogP contribution in [0, 0.1) is 5.82 Å². The maximum absolute atomic E-state index is 13.0. The third-order valence-electron chi connectivity index (χ3n) is 4.04. The number of sulfonamides is 1. The molecule has 8 nitrogen and oxygen atoms in total. The summed E-state index contributed by atoms with van der Waals surface area (Å²) in [6.07, 6.45) is 0. The van der Waals surface area contributed by atoms with Gasteiger partial charge in [0.05, 0.1) is 12.4 Å². The first-order valence-electron chi connectivity index (χ1n) is 8.95. The standard InChI is InChI=1S/C20H20FN3O5S/c1-28-10-9-22-30(26,27)13-14-3-2-4-17(11-14)23-20(25)18-12-19(29-24-18)15-5-7-16(21)8-6-15/h2-8,11-12,22H,9-10,13H2,1H3,(H,23,25). The summed E-state index contributed by atoms with van der Waals surface area (Å²) < 4.78 is 49.6. The van der Waals surface area contributed by atoms with Crippen molar-refractivity contribution in [3.05, 3.63) is 71.7 Å². The number of carbonyl (C=O) groups excluding carboxylic acids is 1. The Morgan fingerprint density at radius 3 is 2.67 bits per heavy atom. The summed E-state index contributed by atoms with van der Waals surface area (Å²) in [7, 11) is -2.05. The van der Waals surface area contributed by atoms with Gasteiger partial charge in [-0.1, -0.05) is 17.3 Å². The first kappa shape index (κ1) is 21.6. The highest BCUT2D eigenvalue weighted by Crippen LogP contribution is 2.21. The minimum absolute atomic E-state index is 0.0357. The van der Waals surface area contributed by atoms with Crippen LogP contribution in [0.25, 0.3) is 11.3 Å². The van der Waals surface area contributed by atoms with Gasteiger partial charge in [0.2, 0.25) is 10.0 Å². The first-order valence-corrected chi connectivity index (χ1v) is 10.6. The van der Waals surface area contributed by atoms with Crippen LogP contribution < -0.4 is 10.0 Å². The normalized spacial score (nSPS) is 11.4. The van der Waals surface area contributed by atoms with Crippen LogP contribution >= 0.6 is 0 Å². The molecule has 0 radical (unpaired) electrons. The Hall–Kier alpha value is -3.08. The number of methoxy groups -OCH3 is 1. The molecule has 0 aliphatic rings. The number of carbonyl (C=O) groups is 1. The molecule has 2 aromatic carbocycles. The van der Waals surface area contributed by atoms with Crippen molar-refractivity contribution in [2.24, 2.45) is 0 Å². The molecule has 0 saturated heterocycles. The minimum Gasteiger partial charge on any atom is -0.383 e. The summed E-state index contributed by atoms with van der Waals surface area (Å²) in [4.78, 5) is 12.4. The highest BCUT2D eigenvalue weighted by molar-refractivity contribution is 7.88. The number of halogens is 1. The molecule has 0 aliphatic heterocycles. The average Bonchev–Trinajstić information content (AvgIpc) is 3.19. The van der Waals surface area contributed by atoms with Gasteiger partial charge in [0.25, 0.3) is 5.91 Å². The smallest absolute Gasteiger partial charge is 0.277 e.